The van der Waals surface area contributed by atoms with E-state index in [9.17, 15) is 9.18 Å². The summed E-state index contributed by atoms with van der Waals surface area (Å²) >= 11 is 0. The number of hydrogen-bond donors (Lipinski definition) is 3. The molecule has 0 aliphatic carbocycles. The second kappa shape index (κ2) is 9.12. The number of nitrogens with zero attached hydrogens (tertiary/aromatic N) is 1. The molecule has 0 saturated heterocycles. The van der Waals surface area contributed by atoms with Crippen molar-refractivity contribution >= 4 is 23.9 Å². The van der Waals surface area contributed by atoms with Crippen molar-refractivity contribution < 1.29 is 23.8 Å². The zero-order valence-corrected chi connectivity index (χ0v) is 14.6. The van der Waals surface area contributed by atoms with Gasteiger partial charge in [-0.1, -0.05) is 13.8 Å². The second-order valence-corrected chi connectivity index (χ2v) is 6.32. The molecule has 1 aliphatic rings. The zero-order chi connectivity index (χ0) is 19.0. The fourth-order valence-corrected chi connectivity index (χ4v) is 2.47. The fraction of sp³-hybridized carbons (Fsp3) is 0.471. The van der Waals surface area contributed by atoms with E-state index < -0.39 is 11.4 Å². The highest BCUT2D eigenvalue weighted by atomic mass is 19.1. The molecule has 0 bridgehead atoms. The van der Waals surface area contributed by atoms with Crippen LogP contribution in [0, 0.1) is 11.7 Å². The van der Waals surface area contributed by atoms with Gasteiger partial charge in [0, 0.05) is 17.7 Å². The van der Waals surface area contributed by atoms with Crippen LogP contribution in [0.25, 0.3) is 0 Å². The van der Waals surface area contributed by atoms with Crippen LogP contribution in [0.15, 0.2) is 23.2 Å². The van der Waals surface area contributed by atoms with E-state index in [0.717, 1.165) is 0 Å². The van der Waals surface area contributed by atoms with E-state index in [2.05, 4.69) is 10.3 Å². The molecule has 0 spiro atoms. The van der Waals surface area contributed by atoms with Gasteiger partial charge < -0.3 is 20.9 Å². The Bertz CT molecular complexity index is 649. The van der Waals surface area contributed by atoms with Crippen LogP contribution in [0.1, 0.15) is 32.8 Å². The van der Waals surface area contributed by atoms with Gasteiger partial charge in [-0.25, -0.2) is 4.39 Å². The van der Waals surface area contributed by atoms with Crippen molar-refractivity contribution in [3.63, 3.8) is 0 Å². The van der Waals surface area contributed by atoms with Crippen LogP contribution < -0.4 is 11.1 Å². The van der Waals surface area contributed by atoms with Crippen LogP contribution in [0.3, 0.4) is 0 Å². The Balaban J connectivity index is 0.000000970. The number of hydrogen-bond acceptors (Lipinski definition) is 5. The number of amidine groups is 1. The molecule has 0 aromatic heterocycles. The third-order valence-electron chi connectivity index (χ3n) is 3.45. The number of ether oxygens (including phenoxy) is 1. The molecule has 1 amide bonds. The molecule has 1 heterocycles. The van der Waals surface area contributed by atoms with Gasteiger partial charge in [0.1, 0.15) is 23.8 Å². The van der Waals surface area contributed by atoms with Gasteiger partial charge in [-0.2, -0.15) is 0 Å². The monoisotopic (exact) mass is 353 g/mol. The smallest absolute Gasteiger partial charge is 0.290 e. The van der Waals surface area contributed by atoms with Crippen molar-refractivity contribution in [3.8, 4) is 0 Å². The van der Waals surface area contributed by atoms with Gasteiger partial charge in [-0.05, 0) is 31.0 Å². The summed E-state index contributed by atoms with van der Waals surface area (Å²) in [6, 6.07) is 4.46. The van der Waals surface area contributed by atoms with Gasteiger partial charge >= 0.3 is 0 Å². The molecule has 7 nitrogen and oxygen atoms in total. The van der Waals surface area contributed by atoms with Crippen molar-refractivity contribution in [2.45, 2.75) is 32.7 Å². The summed E-state index contributed by atoms with van der Waals surface area (Å²) < 4.78 is 19.6. The van der Waals surface area contributed by atoms with Crippen LogP contribution in [0.5, 0.6) is 0 Å². The van der Waals surface area contributed by atoms with Crippen LogP contribution in [-0.4, -0.2) is 36.5 Å². The molecular weight excluding hydrogens is 329 g/mol. The fourth-order valence-electron chi connectivity index (χ4n) is 2.47. The van der Waals surface area contributed by atoms with E-state index in [4.69, 9.17) is 20.4 Å². The van der Waals surface area contributed by atoms with Crippen molar-refractivity contribution in [2.75, 3.05) is 18.5 Å². The summed E-state index contributed by atoms with van der Waals surface area (Å²) in [6.07, 6.45) is 0.415. The summed E-state index contributed by atoms with van der Waals surface area (Å²) in [5, 5.41) is 9.67. The molecule has 8 heteroatoms. The van der Waals surface area contributed by atoms with E-state index in [1.165, 1.54) is 12.1 Å². The molecule has 4 N–H and O–H groups in total. The summed E-state index contributed by atoms with van der Waals surface area (Å²) in [4.78, 5) is 24.5. The van der Waals surface area contributed by atoms with E-state index in [-0.39, 0.29) is 31.5 Å². The van der Waals surface area contributed by atoms with E-state index in [1.807, 2.05) is 13.8 Å². The molecule has 0 unspecified atom stereocenters. The van der Waals surface area contributed by atoms with E-state index in [1.54, 1.807) is 13.0 Å². The molecule has 1 aliphatic heterocycles. The average Bonchev–Trinajstić information content (AvgIpc) is 2.49. The summed E-state index contributed by atoms with van der Waals surface area (Å²) in [5.41, 5.74) is 5.72. The number of benzene rings is 1. The topological polar surface area (TPSA) is 114 Å². The maximum Gasteiger partial charge on any atom is 0.290 e. The SMILES string of the molecule is CC(C)CC(=O)Nc1ccc(F)c([C@]2(C)COCC(N)=N2)c1.O=CO. The van der Waals surface area contributed by atoms with Gasteiger partial charge in [-0.15, -0.1) is 0 Å². The Morgan fingerprint density at radius 1 is 1.56 bits per heavy atom. The number of amides is 1. The minimum atomic E-state index is -0.884. The number of halogens is 1. The molecule has 2 rings (SSSR count). The van der Waals surface area contributed by atoms with E-state index in [0.29, 0.717) is 23.5 Å². The molecule has 1 aromatic rings. The largest absolute Gasteiger partial charge is 0.483 e. The Hall–Kier alpha value is -2.48. The summed E-state index contributed by atoms with van der Waals surface area (Å²) in [5.74, 6) is 0.100. The molecule has 25 heavy (non-hydrogen) atoms. The first-order chi connectivity index (χ1) is 11.7. The lowest BCUT2D eigenvalue weighted by atomic mass is 9.91. The van der Waals surface area contributed by atoms with Crippen LogP contribution in [0.2, 0.25) is 0 Å². The third-order valence-corrected chi connectivity index (χ3v) is 3.45. The second-order valence-electron chi connectivity index (χ2n) is 6.32. The minimum absolute atomic E-state index is 0.0966. The van der Waals surface area contributed by atoms with Crippen LogP contribution in [-0.2, 0) is 19.9 Å². The Kier molecular flexibility index (Phi) is 7.50. The highest BCUT2D eigenvalue weighted by Crippen LogP contribution is 2.32. The number of nitrogens with two attached hydrogens (primary N) is 1. The molecular formula is C17H24FN3O4. The van der Waals surface area contributed by atoms with Gasteiger partial charge in [0.2, 0.25) is 5.91 Å². The number of rotatable bonds is 4. The zero-order valence-electron chi connectivity index (χ0n) is 14.6. The van der Waals surface area contributed by atoms with Crippen molar-refractivity contribution in [1.29, 1.82) is 0 Å². The predicted octanol–water partition coefficient (Wildman–Crippen LogP) is 2.11. The molecule has 1 aromatic carbocycles. The van der Waals surface area contributed by atoms with Crippen molar-refractivity contribution in [2.24, 2.45) is 16.6 Å². The van der Waals surface area contributed by atoms with Gasteiger partial charge in [0.15, 0.2) is 0 Å². The van der Waals surface area contributed by atoms with Crippen molar-refractivity contribution in [1.82, 2.24) is 0 Å². The maximum absolute atomic E-state index is 14.2. The highest BCUT2D eigenvalue weighted by molar-refractivity contribution is 5.91. The first kappa shape index (κ1) is 20.6. The highest BCUT2D eigenvalue weighted by Gasteiger charge is 2.32. The maximum atomic E-state index is 14.2. The quantitative estimate of drug-likeness (QED) is 0.717. The lowest BCUT2D eigenvalue weighted by Gasteiger charge is -2.30. The Labute approximate surface area is 146 Å². The summed E-state index contributed by atoms with van der Waals surface area (Å²) in [7, 11) is 0. The van der Waals surface area contributed by atoms with Crippen molar-refractivity contribution in [3.05, 3.63) is 29.6 Å². The lowest BCUT2D eigenvalue weighted by Crippen LogP contribution is -2.38. The predicted molar refractivity (Wildman–Crippen MR) is 93.0 cm³/mol. The molecule has 138 valence electrons. The number of carboxylic acid groups (broad SMARTS) is 1. The third kappa shape index (κ3) is 6.15. The lowest BCUT2D eigenvalue weighted by molar-refractivity contribution is -0.123. The standard InChI is InChI=1S/C16H22FN3O2.CH2O2/c1-10(2)6-15(21)19-11-4-5-13(17)12(7-11)16(3)9-22-8-14(18)20-16;2-1-3/h4-5,7,10H,6,8-9H2,1-3H3,(H2,18,20)(H,19,21);1H,(H,2,3)/t16-;/m0./s1. The number of aliphatic imine (C=N–C) groups is 1. The van der Waals surface area contributed by atoms with Crippen LogP contribution in [0.4, 0.5) is 10.1 Å². The summed E-state index contributed by atoms with van der Waals surface area (Å²) in [6.45, 7) is 5.94. The molecule has 0 radical (unpaired) electrons. The number of carbonyl (C=O) groups excluding carboxylic acids is 1. The Morgan fingerprint density at radius 3 is 2.76 bits per heavy atom. The van der Waals surface area contributed by atoms with E-state index >= 15 is 0 Å². The Morgan fingerprint density at radius 2 is 2.20 bits per heavy atom. The molecule has 0 fully saturated rings. The van der Waals surface area contributed by atoms with Crippen LogP contribution >= 0.6 is 0 Å². The van der Waals surface area contributed by atoms with Gasteiger partial charge in [-0.3, -0.25) is 14.6 Å². The minimum Gasteiger partial charge on any atom is -0.483 e. The molecule has 1 atom stereocenters. The number of anilines is 1. The number of carbonyl (C=O) groups is 2. The van der Waals surface area contributed by atoms with Gasteiger partial charge in [0.05, 0.1) is 6.61 Å². The number of nitrogens with one attached hydrogen (secondary N) is 1. The average molecular weight is 353 g/mol. The normalized spacial score (nSPS) is 19.5. The first-order valence-electron chi connectivity index (χ1n) is 7.81. The van der Waals surface area contributed by atoms with Gasteiger partial charge in [0.25, 0.3) is 6.47 Å². The first-order valence-corrected chi connectivity index (χ1v) is 7.81. The molecule has 0 saturated carbocycles.